The first kappa shape index (κ1) is 17.6. The van der Waals surface area contributed by atoms with Crippen LogP contribution in [0.4, 0.5) is 0 Å². The molecule has 0 saturated heterocycles. The molecule has 3 N–H and O–H groups in total. The minimum absolute atomic E-state index is 0.248. The molecule has 1 aromatic rings. The van der Waals surface area contributed by atoms with Gasteiger partial charge in [0.1, 0.15) is 0 Å². The number of aliphatic hydroxyl groups is 1. The lowest BCUT2D eigenvalue weighted by Gasteiger charge is -2.15. The zero-order valence-corrected chi connectivity index (χ0v) is 13.4. The lowest BCUT2D eigenvalue weighted by molar-refractivity contribution is 0.253. The third kappa shape index (κ3) is 7.75. The van der Waals surface area contributed by atoms with E-state index in [-0.39, 0.29) is 6.61 Å². The molecule has 1 rings (SSSR count). The van der Waals surface area contributed by atoms with Crippen molar-refractivity contribution in [2.24, 2.45) is 10.9 Å². The summed E-state index contributed by atoms with van der Waals surface area (Å²) in [7, 11) is 0. The molecule has 0 aliphatic rings. The molecule has 1 unspecified atom stereocenters. The summed E-state index contributed by atoms with van der Waals surface area (Å²) in [5.74, 6) is 1.34. The van der Waals surface area contributed by atoms with Crippen molar-refractivity contribution in [3.8, 4) is 0 Å². The number of guanidine groups is 1. The number of nitrogens with one attached hydrogen (secondary N) is 2. The number of nitrogens with zero attached hydrogens (tertiary/aromatic N) is 2. The van der Waals surface area contributed by atoms with Crippen molar-refractivity contribution in [1.29, 1.82) is 0 Å². The van der Waals surface area contributed by atoms with Gasteiger partial charge in [0.05, 0.1) is 0 Å². The second-order valence-electron chi connectivity index (χ2n) is 5.23. The summed E-state index contributed by atoms with van der Waals surface area (Å²) < 4.78 is 2.14. The van der Waals surface area contributed by atoms with Crippen molar-refractivity contribution in [2.45, 2.75) is 39.7 Å². The van der Waals surface area contributed by atoms with E-state index in [9.17, 15) is 0 Å². The topological polar surface area (TPSA) is 61.6 Å². The summed E-state index contributed by atoms with van der Waals surface area (Å²) >= 11 is 0. The molecule has 120 valence electrons. The predicted molar refractivity (Wildman–Crippen MR) is 88.5 cm³/mol. The summed E-state index contributed by atoms with van der Waals surface area (Å²) in [6.45, 7) is 7.89. The molecule has 0 aromatic carbocycles. The van der Waals surface area contributed by atoms with Gasteiger partial charge in [-0.3, -0.25) is 4.99 Å². The van der Waals surface area contributed by atoms with E-state index in [1.165, 1.54) is 0 Å². The van der Waals surface area contributed by atoms with E-state index in [2.05, 4.69) is 46.4 Å². The highest BCUT2D eigenvalue weighted by molar-refractivity contribution is 5.79. The first-order valence-electron chi connectivity index (χ1n) is 8.03. The van der Waals surface area contributed by atoms with Gasteiger partial charge in [-0.15, -0.1) is 0 Å². The molecule has 5 heteroatoms. The minimum Gasteiger partial charge on any atom is -0.396 e. The number of aliphatic imine (C=N–C) groups is 1. The van der Waals surface area contributed by atoms with Gasteiger partial charge in [-0.05, 0) is 37.8 Å². The zero-order chi connectivity index (χ0) is 15.3. The molecule has 0 saturated carbocycles. The van der Waals surface area contributed by atoms with Crippen LogP contribution < -0.4 is 10.6 Å². The van der Waals surface area contributed by atoms with Crippen LogP contribution in [0, 0.1) is 5.92 Å². The maximum Gasteiger partial charge on any atom is 0.191 e. The lowest BCUT2D eigenvalue weighted by atomic mass is 10.0. The fraction of sp³-hybridized carbons (Fsp3) is 0.688. The fourth-order valence-corrected chi connectivity index (χ4v) is 2.30. The highest BCUT2D eigenvalue weighted by atomic mass is 16.3. The molecule has 0 aliphatic heterocycles. The van der Waals surface area contributed by atoms with E-state index in [4.69, 9.17) is 5.11 Å². The van der Waals surface area contributed by atoms with Gasteiger partial charge in [-0.2, -0.15) is 0 Å². The van der Waals surface area contributed by atoms with Gasteiger partial charge in [0, 0.05) is 45.2 Å². The highest BCUT2D eigenvalue weighted by Crippen LogP contribution is 2.10. The predicted octanol–water partition coefficient (Wildman–Crippen LogP) is 1.84. The molecular weight excluding hydrogens is 264 g/mol. The normalized spacial score (nSPS) is 13.2. The molecule has 0 spiro atoms. The smallest absolute Gasteiger partial charge is 0.191 e. The molecule has 21 heavy (non-hydrogen) atoms. The lowest BCUT2D eigenvalue weighted by Crippen LogP contribution is -2.39. The summed E-state index contributed by atoms with van der Waals surface area (Å²) in [5, 5.41) is 15.7. The molecule has 0 fully saturated rings. The summed E-state index contributed by atoms with van der Waals surface area (Å²) in [6.07, 6.45) is 7.21. The third-order valence-corrected chi connectivity index (χ3v) is 3.41. The SMILES string of the molecule is CCCC(CCO)CN=C(NCC)NCCn1cccc1. The van der Waals surface area contributed by atoms with Crippen molar-refractivity contribution in [3.05, 3.63) is 24.5 Å². The highest BCUT2D eigenvalue weighted by Gasteiger charge is 2.07. The number of rotatable bonds is 10. The van der Waals surface area contributed by atoms with Gasteiger partial charge in [0.25, 0.3) is 0 Å². The Morgan fingerprint density at radius 3 is 2.57 bits per heavy atom. The van der Waals surface area contributed by atoms with Crippen molar-refractivity contribution in [2.75, 3.05) is 26.2 Å². The number of hydrogen-bond donors (Lipinski definition) is 3. The maximum absolute atomic E-state index is 9.10. The van der Waals surface area contributed by atoms with Gasteiger partial charge in [0.2, 0.25) is 0 Å². The van der Waals surface area contributed by atoms with Crippen LogP contribution in [0.2, 0.25) is 0 Å². The second-order valence-corrected chi connectivity index (χ2v) is 5.23. The summed E-state index contributed by atoms with van der Waals surface area (Å²) in [4.78, 5) is 4.64. The Labute approximate surface area is 128 Å². The Morgan fingerprint density at radius 2 is 1.95 bits per heavy atom. The van der Waals surface area contributed by atoms with E-state index in [1.807, 2.05) is 12.1 Å². The Hall–Kier alpha value is -1.49. The van der Waals surface area contributed by atoms with Crippen LogP contribution in [-0.4, -0.2) is 41.9 Å². The van der Waals surface area contributed by atoms with Gasteiger partial charge in [0.15, 0.2) is 5.96 Å². The van der Waals surface area contributed by atoms with Crippen LogP contribution >= 0.6 is 0 Å². The molecule has 1 heterocycles. The molecular formula is C16H30N4O. The monoisotopic (exact) mass is 294 g/mol. The minimum atomic E-state index is 0.248. The van der Waals surface area contributed by atoms with Crippen molar-refractivity contribution in [1.82, 2.24) is 15.2 Å². The second kappa shape index (κ2) is 11.2. The number of hydrogen-bond acceptors (Lipinski definition) is 2. The molecule has 0 radical (unpaired) electrons. The van der Waals surface area contributed by atoms with E-state index in [0.29, 0.717) is 5.92 Å². The van der Waals surface area contributed by atoms with Gasteiger partial charge >= 0.3 is 0 Å². The molecule has 1 aromatic heterocycles. The number of aromatic nitrogens is 1. The fourth-order valence-electron chi connectivity index (χ4n) is 2.30. The van der Waals surface area contributed by atoms with Gasteiger partial charge < -0.3 is 20.3 Å². The van der Waals surface area contributed by atoms with E-state index < -0.39 is 0 Å². The molecule has 1 atom stereocenters. The van der Waals surface area contributed by atoms with Crippen LogP contribution in [-0.2, 0) is 6.54 Å². The molecule has 0 amide bonds. The van der Waals surface area contributed by atoms with Gasteiger partial charge in [-0.1, -0.05) is 13.3 Å². The summed E-state index contributed by atoms with van der Waals surface area (Å²) in [5.41, 5.74) is 0. The van der Waals surface area contributed by atoms with Gasteiger partial charge in [-0.25, -0.2) is 0 Å². The van der Waals surface area contributed by atoms with Crippen molar-refractivity contribution >= 4 is 5.96 Å². The van der Waals surface area contributed by atoms with Crippen LogP contribution in [0.25, 0.3) is 0 Å². The quantitative estimate of drug-likeness (QED) is 0.456. The molecule has 0 aliphatic carbocycles. The van der Waals surface area contributed by atoms with Crippen LogP contribution in [0.1, 0.15) is 33.1 Å². The average Bonchev–Trinajstić information content (AvgIpc) is 2.98. The largest absolute Gasteiger partial charge is 0.396 e. The van der Waals surface area contributed by atoms with E-state index >= 15 is 0 Å². The van der Waals surface area contributed by atoms with Crippen molar-refractivity contribution in [3.63, 3.8) is 0 Å². The molecule has 0 bridgehead atoms. The van der Waals surface area contributed by atoms with Crippen molar-refractivity contribution < 1.29 is 5.11 Å². The number of aliphatic hydroxyl groups excluding tert-OH is 1. The summed E-state index contributed by atoms with van der Waals surface area (Å²) in [6, 6.07) is 4.06. The standard InChI is InChI=1S/C16H30N4O/c1-3-7-15(8-13-21)14-19-16(17-4-2)18-9-12-20-10-5-6-11-20/h5-6,10-11,15,21H,3-4,7-9,12-14H2,1-2H3,(H2,17,18,19). The first-order valence-corrected chi connectivity index (χ1v) is 8.03. The van der Waals surface area contributed by atoms with Crippen LogP contribution in [0.15, 0.2) is 29.5 Å². The maximum atomic E-state index is 9.10. The first-order chi connectivity index (χ1) is 10.3. The van der Waals surface area contributed by atoms with E-state index in [0.717, 1.165) is 51.4 Å². The van der Waals surface area contributed by atoms with E-state index in [1.54, 1.807) is 0 Å². The van der Waals surface area contributed by atoms with Crippen LogP contribution in [0.3, 0.4) is 0 Å². The zero-order valence-electron chi connectivity index (χ0n) is 13.4. The molecule has 5 nitrogen and oxygen atoms in total. The Bertz CT molecular complexity index is 370. The Morgan fingerprint density at radius 1 is 1.19 bits per heavy atom. The van der Waals surface area contributed by atoms with Crippen LogP contribution in [0.5, 0.6) is 0 Å². The average molecular weight is 294 g/mol. The third-order valence-electron chi connectivity index (χ3n) is 3.41. The Kier molecular flexibility index (Phi) is 9.37. The Balaban J connectivity index is 2.40.